The van der Waals surface area contributed by atoms with Gasteiger partial charge < -0.3 is 20.2 Å². The van der Waals surface area contributed by atoms with Crippen LogP contribution >= 0.6 is 0 Å². The smallest absolute Gasteiger partial charge is 0.303 e. The van der Waals surface area contributed by atoms with Gasteiger partial charge in [-0.25, -0.2) is 13.8 Å². The number of hydrogen-bond donors (Lipinski definition) is 3. The zero-order valence-electron chi connectivity index (χ0n) is 22.9. The summed E-state index contributed by atoms with van der Waals surface area (Å²) in [4.78, 5) is 26.5. The van der Waals surface area contributed by atoms with Crippen molar-refractivity contribution in [3.05, 3.63) is 95.2 Å². The molecule has 4 aromatic rings. The van der Waals surface area contributed by atoms with Crippen molar-refractivity contribution < 1.29 is 27.9 Å². The summed E-state index contributed by atoms with van der Waals surface area (Å²) < 4.78 is 32.6. The van der Waals surface area contributed by atoms with Gasteiger partial charge in [-0.05, 0) is 72.9 Å². The van der Waals surface area contributed by atoms with E-state index in [1.807, 2.05) is 20.8 Å². The van der Waals surface area contributed by atoms with Gasteiger partial charge in [-0.3, -0.25) is 9.59 Å². The van der Waals surface area contributed by atoms with E-state index in [0.29, 0.717) is 35.0 Å². The van der Waals surface area contributed by atoms with Crippen LogP contribution in [0.1, 0.15) is 43.4 Å². The van der Waals surface area contributed by atoms with Crippen molar-refractivity contribution in [2.24, 2.45) is 5.92 Å². The first-order valence-electron chi connectivity index (χ1n) is 12.8. The number of nitrogens with zero attached hydrogens (tertiary/aromatic N) is 2. The topological polar surface area (TPSA) is 128 Å². The van der Waals surface area contributed by atoms with Crippen molar-refractivity contribution in [2.75, 3.05) is 10.6 Å². The molecule has 41 heavy (non-hydrogen) atoms. The summed E-state index contributed by atoms with van der Waals surface area (Å²) in [6.45, 7) is 5.91. The van der Waals surface area contributed by atoms with Crippen LogP contribution in [0.15, 0.2) is 71.3 Å². The Morgan fingerprint density at radius 2 is 1.80 bits per heavy atom. The number of carboxylic acid groups (broad SMARTS) is 1. The lowest BCUT2D eigenvalue weighted by molar-refractivity contribution is -0.137. The maximum Gasteiger partial charge on any atom is 0.303 e. The van der Waals surface area contributed by atoms with E-state index in [-0.39, 0.29) is 18.0 Å². The van der Waals surface area contributed by atoms with E-state index in [0.717, 1.165) is 29.7 Å². The lowest BCUT2D eigenvalue weighted by Crippen LogP contribution is -2.15. The van der Waals surface area contributed by atoms with Gasteiger partial charge in [0.25, 0.3) is 6.01 Å². The van der Waals surface area contributed by atoms with Gasteiger partial charge in [0.2, 0.25) is 5.91 Å². The molecule has 3 aromatic carbocycles. The monoisotopic (exact) mass is 560 g/mol. The number of nitriles is 1. The number of hydrogen-bond acceptors (Lipinski definition) is 6. The number of oxazole rings is 1. The third-order valence-corrected chi connectivity index (χ3v) is 5.87. The number of carbonyl (C=O) groups is 2. The van der Waals surface area contributed by atoms with Crippen molar-refractivity contribution in [3.63, 3.8) is 0 Å². The van der Waals surface area contributed by atoms with Gasteiger partial charge in [-0.1, -0.05) is 26.0 Å². The minimum Gasteiger partial charge on any atom is -0.481 e. The van der Waals surface area contributed by atoms with Gasteiger partial charge in [-0.15, -0.1) is 0 Å². The van der Waals surface area contributed by atoms with Gasteiger partial charge in [-0.2, -0.15) is 5.26 Å². The quantitative estimate of drug-likeness (QED) is 0.197. The van der Waals surface area contributed by atoms with Crippen LogP contribution in [0.3, 0.4) is 0 Å². The van der Waals surface area contributed by atoms with Gasteiger partial charge in [0.15, 0.2) is 5.76 Å². The fraction of sp³-hybridized carbons (Fsp3) is 0.226. The highest BCUT2D eigenvalue weighted by molar-refractivity contribution is 5.93. The minimum atomic E-state index is -0.765. The van der Waals surface area contributed by atoms with E-state index >= 15 is 0 Å². The number of benzene rings is 3. The second kappa shape index (κ2) is 14.4. The Hall–Kier alpha value is -5.04. The lowest BCUT2D eigenvalue weighted by Gasteiger charge is -2.11. The van der Waals surface area contributed by atoms with Gasteiger partial charge in [0, 0.05) is 29.4 Å². The van der Waals surface area contributed by atoms with Crippen LogP contribution in [0.4, 0.5) is 26.2 Å². The molecule has 212 valence electrons. The SMILES string of the molecule is CC(C)CCC(=O)O.Cc1ccc(NC(=O)Cc2ccc(F)cc2F)cc1Nc1ncc(-c2ccc(C#N)cc2)o1. The van der Waals surface area contributed by atoms with Crippen LogP contribution in [0, 0.1) is 35.8 Å². The predicted molar refractivity (Wildman–Crippen MR) is 152 cm³/mol. The average molecular weight is 561 g/mol. The summed E-state index contributed by atoms with van der Waals surface area (Å²) in [6.07, 6.45) is 2.44. The van der Waals surface area contributed by atoms with Crippen molar-refractivity contribution in [3.8, 4) is 17.4 Å². The molecular formula is C31H30F2N4O4. The number of halogens is 2. The Labute approximate surface area is 236 Å². The van der Waals surface area contributed by atoms with Crippen LogP contribution < -0.4 is 10.6 Å². The zero-order valence-corrected chi connectivity index (χ0v) is 22.9. The maximum atomic E-state index is 13.8. The zero-order chi connectivity index (χ0) is 29.9. The van der Waals surface area contributed by atoms with E-state index in [1.54, 1.807) is 48.7 Å². The van der Waals surface area contributed by atoms with E-state index in [2.05, 4.69) is 21.7 Å². The molecule has 0 bridgehead atoms. The normalized spacial score (nSPS) is 10.4. The summed E-state index contributed by atoms with van der Waals surface area (Å²) in [6, 6.07) is 17.6. The Balaban J connectivity index is 0.000000507. The number of anilines is 3. The van der Waals surface area contributed by atoms with E-state index < -0.39 is 23.5 Å². The maximum absolute atomic E-state index is 13.8. The van der Waals surface area contributed by atoms with E-state index in [1.165, 1.54) is 6.07 Å². The van der Waals surface area contributed by atoms with Crippen molar-refractivity contribution >= 4 is 29.3 Å². The second-order valence-corrected chi connectivity index (χ2v) is 9.66. The van der Waals surface area contributed by atoms with E-state index in [4.69, 9.17) is 14.8 Å². The first-order valence-corrected chi connectivity index (χ1v) is 12.8. The molecule has 0 radical (unpaired) electrons. The molecule has 10 heteroatoms. The Morgan fingerprint density at radius 3 is 2.41 bits per heavy atom. The molecule has 0 aliphatic heterocycles. The number of aliphatic carboxylic acids is 1. The first-order chi connectivity index (χ1) is 19.5. The fourth-order valence-corrected chi connectivity index (χ4v) is 3.58. The Bertz CT molecular complexity index is 1540. The summed E-state index contributed by atoms with van der Waals surface area (Å²) in [5.41, 5.74) is 3.47. The molecule has 1 aromatic heterocycles. The van der Waals surface area contributed by atoms with Crippen molar-refractivity contribution in [2.45, 2.75) is 40.0 Å². The van der Waals surface area contributed by atoms with Crippen molar-refractivity contribution in [1.82, 2.24) is 4.98 Å². The number of aryl methyl sites for hydroxylation is 1. The van der Waals surface area contributed by atoms with Crippen LogP contribution in [0.5, 0.6) is 0 Å². The standard InChI is InChI=1S/C25H18F2N4O2.C6H12O2/c1-15-2-9-20(30-24(32)10-18-7-8-19(26)11-21(18)27)12-22(15)31-25-29-14-23(33-25)17-5-3-16(13-28)4-6-17;1-5(2)3-4-6(7)8/h2-9,11-12,14H,10H2,1H3,(H,29,31)(H,30,32);5H,3-4H2,1-2H3,(H,7,8). The second-order valence-electron chi connectivity index (χ2n) is 9.66. The number of carboxylic acids is 1. The number of carbonyl (C=O) groups excluding carboxylic acids is 1. The van der Waals surface area contributed by atoms with Crippen molar-refractivity contribution in [1.29, 1.82) is 5.26 Å². The highest BCUT2D eigenvalue weighted by atomic mass is 19.1. The number of rotatable bonds is 9. The number of amides is 1. The first kappa shape index (κ1) is 30.5. The molecule has 3 N–H and O–H groups in total. The molecule has 0 aliphatic rings. The summed E-state index contributed by atoms with van der Waals surface area (Å²) >= 11 is 0. The molecule has 0 spiro atoms. The average Bonchev–Trinajstić information content (AvgIpc) is 3.40. The Morgan fingerprint density at radius 1 is 1.07 bits per heavy atom. The molecule has 0 saturated carbocycles. The number of aromatic nitrogens is 1. The van der Waals surface area contributed by atoms with Gasteiger partial charge >= 0.3 is 5.97 Å². The van der Waals surface area contributed by atoms with Gasteiger partial charge in [0.05, 0.1) is 24.3 Å². The van der Waals surface area contributed by atoms with Crippen LogP contribution in [-0.2, 0) is 16.0 Å². The molecule has 4 rings (SSSR count). The summed E-state index contributed by atoms with van der Waals surface area (Å²) in [5, 5.41) is 22.9. The third kappa shape index (κ3) is 9.58. The van der Waals surface area contributed by atoms with Crippen LogP contribution in [0.25, 0.3) is 11.3 Å². The third-order valence-electron chi connectivity index (χ3n) is 5.87. The molecule has 0 atom stereocenters. The fourth-order valence-electron chi connectivity index (χ4n) is 3.58. The molecule has 0 unspecified atom stereocenters. The summed E-state index contributed by atoms with van der Waals surface area (Å²) in [5.74, 6) is -1.55. The van der Waals surface area contributed by atoms with Crippen LogP contribution in [0.2, 0.25) is 0 Å². The number of nitrogens with one attached hydrogen (secondary N) is 2. The van der Waals surface area contributed by atoms with E-state index in [9.17, 15) is 18.4 Å². The highest BCUT2D eigenvalue weighted by Gasteiger charge is 2.12. The molecule has 0 fully saturated rings. The molecule has 1 amide bonds. The Kier molecular flexibility index (Phi) is 10.7. The van der Waals surface area contributed by atoms with Gasteiger partial charge in [0.1, 0.15) is 11.6 Å². The predicted octanol–water partition coefficient (Wildman–Crippen LogP) is 7.23. The molecule has 1 heterocycles. The minimum absolute atomic E-state index is 0.106. The molecule has 8 nitrogen and oxygen atoms in total. The molecule has 0 aliphatic carbocycles. The van der Waals surface area contributed by atoms with Crippen LogP contribution in [-0.4, -0.2) is 22.0 Å². The molecular weight excluding hydrogens is 530 g/mol. The largest absolute Gasteiger partial charge is 0.481 e. The summed E-state index contributed by atoms with van der Waals surface area (Å²) in [7, 11) is 0. The lowest BCUT2D eigenvalue weighted by atomic mass is 10.1. The molecule has 0 saturated heterocycles. The highest BCUT2D eigenvalue weighted by Crippen LogP contribution is 2.28.